The molecule has 0 aliphatic heterocycles. The summed E-state index contributed by atoms with van der Waals surface area (Å²) in [7, 11) is 0. The van der Waals surface area contributed by atoms with Crippen molar-refractivity contribution in [3.05, 3.63) is 18.0 Å². The lowest BCUT2D eigenvalue weighted by molar-refractivity contribution is 0.100. The van der Waals surface area contributed by atoms with E-state index in [0.717, 1.165) is 0 Å². The molecule has 2 heterocycles. The van der Waals surface area contributed by atoms with Gasteiger partial charge in [0.1, 0.15) is 0 Å². The molecular formula is C12H17N7O2. The molecule has 9 nitrogen and oxygen atoms in total. The van der Waals surface area contributed by atoms with Gasteiger partial charge in [-0.15, -0.1) is 0 Å². The van der Waals surface area contributed by atoms with Crippen molar-refractivity contribution in [2.24, 2.45) is 5.73 Å². The second-order valence-electron chi connectivity index (χ2n) is 4.48. The van der Waals surface area contributed by atoms with Crippen LogP contribution in [0.3, 0.4) is 0 Å². The SMILES string of the molecule is CCNc1nc(OC(C)C)nc(-n2cc(C(N)=O)cn2)n1. The van der Waals surface area contributed by atoms with Gasteiger partial charge in [-0.25, -0.2) is 4.68 Å². The molecule has 0 aliphatic carbocycles. The van der Waals surface area contributed by atoms with Crippen molar-refractivity contribution in [3.63, 3.8) is 0 Å². The highest BCUT2D eigenvalue weighted by molar-refractivity contribution is 5.92. The van der Waals surface area contributed by atoms with E-state index in [1.54, 1.807) is 0 Å². The van der Waals surface area contributed by atoms with Crippen molar-refractivity contribution in [1.29, 1.82) is 0 Å². The number of hydrogen-bond donors (Lipinski definition) is 2. The van der Waals surface area contributed by atoms with Gasteiger partial charge < -0.3 is 15.8 Å². The first-order valence-corrected chi connectivity index (χ1v) is 6.51. The fourth-order valence-corrected chi connectivity index (χ4v) is 1.51. The Morgan fingerprint density at radius 2 is 2.19 bits per heavy atom. The number of nitrogens with two attached hydrogens (primary N) is 1. The quantitative estimate of drug-likeness (QED) is 0.788. The molecule has 2 rings (SSSR count). The Labute approximate surface area is 121 Å². The van der Waals surface area contributed by atoms with Crippen molar-refractivity contribution in [1.82, 2.24) is 24.7 Å². The lowest BCUT2D eigenvalue weighted by Crippen LogP contribution is -2.14. The van der Waals surface area contributed by atoms with Crippen LogP contribution in [0.2, 0.25) is 0 Å². The van der Waals surface area contributed by atoms with E-state index in [-0.39, 0.29) is 23.6 Å². The number of anilines is 1. The molecule has 0 radical (unpaired) electrons. The predicted molar refractivity (Wildman–Crippen MR) is 75.4 cm³/mol. The number of ether oxygens (including phenoxy) is 1. The summed E-state index contributed by atoms with van der Waals surface area (Å²) < 4.78 is 6.83. The maximum atomic E-state index is 11.1. The average molecular weight is 291 g/mol. The van der Waals surface area contributed by atoms with Crippen LogP contribution in [0.25, 0.3) is 5.95 Å². The van der Waals surface area contributed by atoms with Crippen LogP contribution in [-0.4, -0.2) is 43.3 Å². The van der Waals surface area contributed by atoms with E-state index < -0.39 is 5.91 Å². The number of carbonyl (C=O) groups excluding carboxylic acids is 1. The van der Waals surface area contributed by atoms with Gasteiger partial charge in [0, 0.05) is 12.7 Å². The van der Waals surface area contributed by atoms with Gasteiger partial charge in [0.05, 0.1) is 17.9 Å². The molecule has 0 aromatic carbocycles. The lowest BCUT2D eigenvalue weighted by atomic mass is 10.4. The fourth-order valence-electron chi connectivity index (χ4n) is 1.51. The van der Waals surface area contributed by atoms with Gasteiger partial charge in [-0.05, 0) is 20.8 Å². The van der Waals surface area contributed by atoms with E-state index in [9.17, 15) is 4.79 Å². The molecular weight excluding hydrogens is 274 g/mol. The molecule has 21 heavy (non-hydrogen) atoms. The minimum Gasteiger partial charge on any atom is -0.461 e. The van der Waals surface area contributed by atoms with Crippen molar-refractivity contribution in [2.75, 3.05) is 11.9 Å². The zero-order chi connectivity index (χ0) is 15.4. The molecule has 0 bridgehead atoms. The van der Waals surface area contributed by atoms with Gasteiger partial charge in [0.15, 0.2) is 0 Å². The number of nitrogens with one attached hydrogen (secondary N) is 1. The third kappa shape index (κ3) is 3.65. The lowest BCUT2D eigenvalue weighted by Gasteiger charge is -2.10. The molecule has 2 aromatic rings. The maximum Gasteiger partial charge on any atom is 0.323 e. The van der Waals surface area contributed by atoms with E-state index in [1.165, 1.54) is 17.1 Å². The summed E-state index contributed by atoms with van der Waals surface area (Å²) in [6.45, 7) is 6.31. The smallest absolute Gasteiger partial charge is 0.323 e. The molecule has 9 heteroatoms. The molecule has 0 aliphatic rings. The number of aromatic nitrogens is 5. The molecule has 0 atom stereocenters. The Morgan fingerprint density at radius 1 is 1.43 bits per heavy atom. The number of carbonyl (C=O) groups is 1. The molecule has 0 saturated carbocycles. The van der Waals surface area contributed by atoms with Gasteiger partial charge in [0.25, 0.3) is 11.9 Å². The first-order valence-electron chi connectivity index (χ1n) is 6.51. The summed E-state index contributed by atoms with van der Waals surface area (Å²) in [4.78, 5) is 23.6. The Hall–Kier alpha value is -2.71. The Morgan fingerprint density at radius 3 is 2.76 bits per heavy atom. The van der Waals surface area contributed by atoms with Crippen molar-refractivity contribution in [2.45, 2.75) is 26.9 Å². The van der Waals surface area contributed by atoms with Crippen LogP contribution in [0.4, 0.5) is 5.95 Å². The minimum atomic E-state index is -0.569. The van der Waals surface area contributed by atoms with Crippen LogP contribution in [-0.2, 0) is 0 Å². The topological polar surface area (TPSA) is 121 Å². The highest BCUT2D eigenvalue weighted by atomic mass is 16.5. The molecule has 112 valence electrons. The zero-order valence-corrected chi connectivity index (χ0v) is 12.1. The van der Waals surface area contributed by atoms with Crippen molar-refractivity contribution in [3.8, 4) is 12.0 Å². The summed E-state index contributed by atoms with van der Waals surface area (Å²) in [5.74, 6) is 0.0410. The molecule has 2 aromatic heterocycles. The Balaban J connectivity index is 2.40. The minimum absolute atomic E-state index is 0.0754. The number of hydrogen-bond acceptors (Lipinski definition) is 7. The first kappa shape index (κ1) is 14.7. The third-order valence-electron chi connectivity index (χ3n) is 2.35. The fraction of sp³-hybridized carbons (Fsp3) is 0.417. The standard InChI is InChI=1S/C12H17N7O2/c1-4-14-10-16-11(18-12(17-10)21-7(2)3)19-6-8(5-15-19)9(13)20/h5-7H,4H2,1-3H3,(H2,13,20)(H,14,16,17,18). The highest BCUT2D eigenvalue weighted by Crippen LogP contribution is 2.12. The van der Waals surface area contributed by atoms with E-state index in [0.29, 0.717) is 12.5 Å². The van der Waals surface area contributed by atoms with Gasteiger partial charge in [-0.3, -0.25) is 4.79 Å². The Kier molecular flexibility index (Phi) is 4.31. The molecule has 3 N–H and O–H groups in total. The van der Waals surface area contributed by atoms with Crippen LogP contribution in [0, 0.1) is 0 Å². The molecule has 1 amide bonds. The van der Waals surface area contributed by atoms with Gasteiger partial charge >= 0.3 is 6.01 Å². The van der Waals surface area contributed by atoms with Gasteiger partial charge in [-0.1, -0.05) is 0 Å². The summed E-state index contributed by atoms with van der Waals surface area (Å²) in [5, 5.41) is 6.99. The maximum absolute atomic E-state index is 11.1. The van der Waals surface area contributed by atoms with E-state index in [4.69, 9.17) is 10.5 Å². The van der Waals surface area contributed by atoms with E-state index in [1.807, 2.05) is 20.8 Å². The summed E-state index contributed by atoms with van der Waals surface area (Å²) in [6.07, 6.45) is 2.72. The second-order valence-corrected chi connectivity index (χ2v) is 4.48. The monoisotopic (exact) mass is 291 g/mol. The van der Waals surface area contributed by atoms with Crippen molar-refractivity contribution < 1.29 is 9.53 Å². The predicted octanol–water partition coefficient (Wildman–Crippen LogP) is 0.375. The normalized spacial score (nSPS) is 10.7. The van der Waals surface area contributed by atoms with Crippen LogP contribution >= 0.6 is 0 Å². The van der Waals surface area contributed by atoms with E-state index in [2.05, 4.69) is 25.4 Å². The Bertz CT molecular complexity index is 638. The third-order valence-corrected chi connectivity index (χ3v) is 2.35. The number of amides is 1. The first-order chi connectivity index (χ1) is 9.99. The van der Waals surface area contributed by atoms with Crippen LogP contribution in [0.15, 0.2) is 12.4 Å². The molecule has 0 fully saturated rings. The molecule has 0 unspecified atom stereocenters. The highest BCUT2D eigenvalue weighted by Gasteiger charge is 2.12. The summed E-state index contributed by atoms with van der Waals surface area (Å²) in [5.41, 5.74) is 5.47. The molecule has 0 spiro atoms. The van der Waals surface area contributed by atoms with Crippen LogP contribution < -0.4 is 15.8 Å². The van der Waals surface area contributed by atoms with Gasteiger partial charge in [-0.2, -0.15) is 20.1 Å². The van der Waals surface area contributed by atoms with Crippen LogP contribution in [0.5, 0.6) is 6.01 Å². The largest absolute Gasteiger partial charge is 0.461 e. The summed E-state index contributed by atoms with van der Waals surface area (Å²) >= 11 is 0. The van der Waals surface area contributed by atoms with E-state index >= 15 is 0 Å². The van der Waals surface area contributed by atoms with Crippen LogP contribution in [0.1, 0.15) is 31.1 Å². The number of primary amides is 1. The van der Waals surface area contributed by atoms with Gasteiger partial charge in [0.2, 0.25) is 5.95 Å². The number of nitrogens with zero attached hydrogens (tertiary/aromatic N) is 5. The zero-order valence-electron chi connectivity index (χ0n) is 12.1. The summed E-state index contributed by atoms with van der Waals surface area (Å²) in [6, 6.07) is 0.182. The average Bonchev–Trinajstić information content (AvgIpc) is 2.87. The number of rotatable bonds is 6. The molecule has 0 saturated heterocycles. The van der Waals surface area contributed by atoms with Crippen molar-refractivity contribution >= 4 is 11.9 Å². The second kappa shape index (κ2) is 6.16.